The monoisotopic (exact) mass is 213 g/mol. The van der Waals surface area contributed by atoms with E-state index in [9.17, 15) is 0 Å². The average Bonchev–Trinajstić information content (AvgIpc) is 2.27. The van der Waals surface area contributed by atoms with Crippen LogP contribution in [0.15, 0.2) is 30.5 Å². The van der Waals surface area contributed by atoms with Gasteiger partial charge in [-0.05, 0) is 28.9 Å². The van der Waals surface area contributed by atoms with Gasteiger partial charge < -0.3 is 0 Å². The quantitative estimate of drug-likeness (QED) is 0.716. The van der Waals surface area contributed by atoms with Crippen molar-refractivity contribution >= 4 is 10.8 Å². The molecule has 0 unspecified atom stereocenters. The molecule has 0 aliphatic heterocycles. The van der Waals surface area contributed by atoms with Gasteiger partial charge in [0.05, 0.1) is 5.69 Å². The first-order chi connectivity index (χ1) is 7.61. The van der Waals surface area contributed by atoms with Crippen LogP contribution >= 0.6 is 0 Å². The normalized spacial score (nSPS) is 11.6. The zero-order chi connectivity index (χ0) is 11.7. The van der Waals surface area contributed by atoms with Crippen LogP contribution in [-0.4, -0.2) is 4.98 Å². The molecular weight excluding hydrogens is 194 g/mol. The lowest BCUT2D eigenvalue weighted by Gasteiger charge is -2.15. The van der Waals surface area contributed by atoms with Crippen molar-refractivity contribution in [1.82, 2.24) is 4.98 Å². The lowest BCUT2D eigenvalue weighted by Crippen LogP contribution is -1.98. The van der Waals surface area contributed by atoms with Crippen LogP contribution in [-0.2, 0) is 0 Å². The van der Waals surface area contributed by atoms with E-state index in [2.05, 4.69) is 56.9 Å². The van der Waals surface area contributed by atoms with E-state index in [1.54, 1.807) is 0 Å². The van der Waals surface area contributed by atoms with Gasteiger partial charge in [0.2, 0.25) is 0 Å². The Morgan fingerprint density at radius 1 is 0.938 bits per heavy atom. The largest absolute Gasteiger partial charge is 0.260 e. The van der Waals surface area contributed by atoms with Crippen molar-refractivity contribution in [2.24, 2.45) is 0 Å². The molecule has 1 aromatic carbocycles. The molecule has 0 saturated carbocycles. The summed E-state index contributed by atoms with van der Waals surface area (Å²) in [6.45, 7) is 8.90. The van der Waals surface area contributed by atoms with Gasteiger partial charge in [-0.3, -0.25) is 4.98 Å². The summed E-state index contributed by atoms with van der Waals surface area (Å²) in [5.41, 5.74) is 2.64. The van der Waals surface area contributed by atoms with Gasteiger partial charge in [0.1, 0.15) is 0 Å². The van der Waals surface area contributed by atoms with E-state index in [0.29, 0.717) is 11.8 Å². The Balaban J connectivity index is 2.82. The van der Waals surface area contributed by atoms with Gasteiger partial charge in [-0.2, -0.15) is 0 Å². The predicted molar refractivity (Wildman–Crippen MR) is 69.9 cm³/mol. The van der Waals surface area contributed by atoms with Crippen molar-refractivity contribution in [3.63, 3.8) is 0 Å². The summed E-state index contributed by atoms with van der Waals surface area (Å²) in [7, 11) is 0. The third-order valence-corrected chi connectivity index (χ3v) is 3.02. The van der Waals surface area contributed by atoms with Crippen LogP contribution in [0.4, 0.5) is 0 Å². The molecule has 0 spiro atoms. The maximum Gasteiger partial charge on any atom is 0.0510 e. The SMILES string of the molecule is CC(C)c1cccc2ccnc(C(C)C)c12. The molecule has 16 heavy (non-hydrogen) atoms. The molecule has 1 heteroatoms. The summed E-state index contributed by atoms with van der Waals surface area (Å²) in [6.07, 6.45) is 1.92. The lowest BCUT2D eigenvalue weighted by atomic mass is 9.92. The molecule has 0 amide bonds. The standard InChI is InChI=1S/C15H19N/c1-10(2)13-7-5-6-12-8-9-16-15(11(3)4)14(12)13/h5-11H,1-4H3. The fraction of sp³-hybridized carbons (Fsp3) is 0.400. The summed E-state index contributed by atoms with van der Waals surface area (Å²) >= 11 is 0. The molecule has 0 aliphatic rings. The van der Waals surface area contributed by atoms with Crippen LogP contribution < -0.4 is 0 Å². The molecule has 0 radical (unpaired) electrons. The fourth-order valence-corrected chi connectivity index (χ4v) is 2.20. The van der Waals surface area contributed by atoms with Crippen molar-refractivity contribution in [3.8, 4) is 0 Å². The third kappa shape index (κ3) is 1.82. The van der Waals surface area contributed by atoms with E-state index in [1.165, 1.54) is 22.0 Å². The molecule has 0 fully saturated rings. The molecule has 0 aliphatic carbocycles. The summed E-state index contributed by atoms with van der Waals surface area (Å²) in [6, 6.07) is 8.64. The molecule has 0 saturated heterocycles. The number of aromatic nitrogens is 1. The van der Waals surface area contributed by atoms with Gasteiger partial charge in [0, 0.05) is 11.6 Å². The second kappa shape index (κ2) is 4.25. The van der Waals surface area contributed by atoms with E-state index in [-0.39, 0.29) is 0 Å². The molecular formula is C15H19N. The zero-order valence-corrected chi connectivity index (χ0v) is 10.5. The van der Waals surface area contributed by atoms with Gasteiger partial charge in [-0.25, -0.2) is 0 Å². The smallest absolute Gasteiger partial charge is 0.0510 e. The van der Waals surface area contributed by atoms with Gasteiger partial charge in [0.25, 0.3) is 0 Å². The summed E-state index contributed by atoms with van der Waals surface area (Å²) in [5.74, 6) is 1.02. The minimum atomic E-state index is 0.476. The van der Waals surface area contributed by atoms with Crippen LogP contribution in [0.2, 0.25) is 0 Å². The number of hydrogen-bond donors (Lipinski definition) is 0. The second-order valence-electron chi connectivity index (χ2n) is 4.95. The van der Waals surface area contributed by atoms with Gasteiger partial charge >= 0.3 is 0 Å². The Kier molecular flexibility index (Phi) is 2.95. The first-order valence-corrected chi connectivity index (χ1v) is 5.98. The summed E-state index contributed by atoms with van der Waals surface area (Å²) in [5, 5.41) is 2.67. The first kappa shape index (κ1) is 11.1. The Morgan fingerprint density at radius 2 is 1.69 bits per heavy atom. The van der Waals surface area contributed by atoms with Crippen molar-refractivity contribution in [1.29, 1.82) is 0 Å². The first-order valence-electron chi connectivity index (χ1n) is 5.98. The number of fused-ring (bicyclic) bond motifs is 1. The highest BCUT2D eigenvalue weighted by Gasteiger charge is 2.12. The van der Waals surface area contributed by atoms with E-state index in [1.807, 2.05) is 6.20 Å². The minimum Gasteiger partial charge on any atom is -0.260 e. The number of rotatable bonds is 2. The predicted octanol–water partition coefficient (Wildman–Crippen LogP) is 4.48. The number of pyridine rings is 1. The molecule has 1 nitrogen and oxygen atoms in total. The van der Waals surface area contributed by atoms with Gasteiger partial charge in [-0.15, -0.1) is 0 Å². The Labute approximate surface area is 97.5 Å². The average molecular weight is 213 g/mol. The zero-order valence-electron chi connectivity index (χ0n) is 10.5. The highest BCUT2D eigenvalue weighted by atomic mass is 14.7. The minimum absolute atomic E-state index is 0.476. The highest BCUT2D eigenvalue weighted by molar-refractivity contribution is 5.88. The molecule has 0 N–H and O–H groups in total. The molecule has 1 aromatic heterocycles. The third-order valence-electron chi connectivity index (χ3n) is 3.02. The maximum absolute atomic E-state index is 4.55. The van der Waals surface area contributed by atoms with Crippen LogP contribution in [0.25, 0.3) is 10.8 Å². The van der Waals surface area contributed by atoms with Crippen LogP contribution in [0.3, 0.4) is 0 Å². The van der Waals surface area contributed by atoms with Crippen LogP contribution in [0.5, 0.6) is 0 Å². The fourth-order valence-electron chi connectivity index (χ4n) is 2.20. The lowest BCUT2D eigenvalue weighted by molar-refractivity contribution is 0.823. The van der Waals surface area contributed by atoms with Gasteiger partial charge in [0.15, 0.2) is 0 Å². The van der Waals surface area contributed by atoms with Crippen molar-refractivity contribution in [2.75, 3.05) is 0 Å². The van der Waals surface area contributed by atoms with E-state index in [0.717, 1.165) is 0 Å². The van der Waals surface area contributed by atoms with Crippen molar-refractivity contribution < 1.29 is 0 Å². The number of hydrogen-bond acceptors (Lipinski definition) is 1. The Bertz CT molecular complexity index is 455. The Hall–Kier alpha value is -1.37. The van der Waals surface area contributed by atoms with Crippen LogP contribution in [0, 0.1) is 0 Å². The highest BCUT2D eigenvalue weighted by Crippen LogP contribution is 2.30. The van der Waals surface area contributed by atoms with E-state index >= 15 is 0 Å². The van der Waals surface area contributed by atoms with E-state index in [4.69, 9.17) is 0 Å². The van der Waals surface area contributed by atoms with Gasteiger partial charge in [-0.1, -0.05) is 45.9 Å². The summed E-state index contributed by atoms with van der Waals surface area (Å²) < 4.78 is 0. The van der Waals surface area contributed by atoms with Crippen molar-refractivity contribution in [3.05, 3.63) is 41.7 Å². The molecule has 84 valence electrons. The second-order valence-corrected chi connectivity index (χ2v) is 4.95. The number of nitrogens with zero attached hydrogens (tertiary/aromatic N) is 1. The molecule has 1 heterocycles. The molecule has 0 atom stereocenters. The topological polar surface area (TPSA) is 12.9 Å². The Morgan fingerprint density at radius 3 is 2.31 bits per heavy atom. The molecule has 0 bridgehead atoms. The number of benzene rings is 1. The van der Waals surface area contributed by atoms with Crippen LogP contribution in [0.1, 0.15) is 50.8 Å². The van der Waals surface area contributed by atoms with E-state index < -0.39 is 0 Å². The maximum atomic E-state index is 4.55. The molecule has 2 aromatic rings. The van der Waals surface area contributed by atoms with Crippen molar-refractivity contribution in [2.45, 2.75) is 39.5 Å². The molecule has 2 rings (SSSR count). The summed E-state index contributed by atoms with van der Waals surface area (Å²) in [4.78, 5) is 4.55.